The Morgan fingerprint density at radius 3 is 2.95 bits per heavy atom. The van der Waals surface area contributed by atoms with Crippen molar-refractivity contribution in [2.75, 3.05) is 11.9 Å². The van der Waals surface area contributed by atoms with E-state index in [2.05, 4.69) is 10.3 Å². The number of pyridine rings is 1. The van der Waals surface area contributed by atoms with Crippen molar-refractivity contribution in [2.24, 2.45) is 0 Å². The van der Waals surface area contributed by atoms with Crippen LogP contribution in [0.2, 0.25) is 0 Å². The summed E-state index contributed by atoms with van der Waals surface area (Å²) in [6, 6.07) is 14.7. The molecule has 0 atom stereocenters. The number of amides is 1. The first-order valence-corrected chi connectivity index (χ1v) is 6.57. The minimum atomic E-state index is -0.330. The van der Waals surface area contributed by atoms with Gasteiger partial charge in [-0.25, -0.2) is 0 Å². The highest BCUT2D eigenvalue weighted by atomic mass is 16.5. The number of ether oxygens (including phenoxy) is 1. The number of aromatic nitrogens is 1. The molecule has 1 aromatic heterocycles. The number of anilines is 1. The van der Waals surface area contributed by atoms with E-state index in [1.165, 1.54) is 0 Å². The Hall–Kier alpha value is -2.87. The molecular weight excluding hydrogens is 266 g/mol. The van der Waals surface area contributed by atoms with Crippen LogP contribution in [-0.2, 0) is 11.2 Å². The van der Waals surface area contributed by atoms with Gasteiger partial charge in [-0.1, -0.05) is 12.1 Å². The van der Waals surface area contributed by atoms with E-state index in [0.29, 0.717) is 24.5 Å². The maximum Gasteiger partial charge on any atom is 0.238 e. The Balaban J connectivity index is 1.86. The van der Waals surface area contributed by atoms with Gasteiger partial charge < -0.3 is 10.1 Å². The number of hydrogen-bond donors (Lipinski definition) is 1. The molecule has 0 aliphatic heterocycles. The number of hydrogen-bond acceptors (Lipinski definition) is 4. The number of carbonyl (C=O) groups excluding carboxylic acids is 1. The smallest absolute Gasteiger partial charge is 0.238 e. The molecule has 2 rings (SSSR count). The predicted molar refractivity (Wildman–Crippen MR) is 78.7 cm³/mol. The molecule has 0 saturated carbocycles. The second kappa shape index (κ2) is 7.65. The van der Waals surface area contributed by atoms with Crippen LogP contribution in [0, 0.1) is 11.3 Å². The Kier molecular flexibility index (Phi) is 5.30. The molecule has 5 heteroatoms. The van der Waals surface area contributed by atoms with Crippen molar-refractivity contribution in [3.8, 4) is 11.8 Å². The first kappa shape index (κ1) is 14.5. The second-order valence-electron chi connectivity index (χ2n) is 4.33. The first-order chi connectivity index (χ1) is 10.3. The van der Waals surface area contributed by atoms with Crippen LogP contribution in [0.1, 0.15) is 12.1 Å². The maximum absolute atomic E-state index is 11.3. The molecule has 1 N–H and O–H groups in total. The van der Waals surface area contributed by atoms with Gasteiger partial charge in [0.05, 0.1) is 12.7 Å². The molecule has 0 unspecified atom stereocenters. The van der Waals surface area contributed by atoms with Crippen molar-refractivity contribution in [3.63, 3.8) is 0 Å². The molecule has 106 valence electrons. The third kappa shape index (κ3) is 4.96. The number of rotatable bonds is 6. The molecule has 0 aliphatic rings. The molecular formula is C16H15N3O2. The normalized spacial score (nSPS) is 9.67. The van der Waals surface area contributed by atoms with Gasteiger partial charge in [-0.3, -0.25) is 9.78 Å². The summed E-state index contributed by atoms with van der Waals surface area (Å²) in [7, 11) is 0. The molecule has 0 aliphatic carbocycles. The Labute approximate surface area is 123 Å². The monoisotopic (exact) mass is 281 g/mol. The maximum atomic E-state index is 11.3. The fraction of sp³-hybridized carbons (Fsp3) is 0.188. The van der Waals surface area contributed by atoms with Gasteiger partial charge in [0, 0.05) is 30.1 Å². The summed E-state index contributed by atoms with van der Waals surface area (Å²) < 4.78 is 5.64. The van der Waals surface area contributed by atoms with Crippen molar-refractivity contribution in [2.45, 2.75) is 12.8 Å². The van der Waals surface area contributed by atoms with Crippen LogP contribution in [0.4, 0.5) is 5.69 Å². The molecule has 5 nitrogen and oxygen atoms in total. The average Bonchev–Trinajstić information content (AvgIpc) is 2.49. The highest BCUT2D eigenvalue weighted by Crippen LogP contribution is 2.17. The molecule has 1 aromatic carbocycles. The van der Waals surface area contributed by atoms with E-state index >= 15 is 0 Å². The molecule has 21 heavy (non-hydrogen) atoms. The molecule has 2 aromatic rings. The van der Waals surface area contributed by atoms with Gasteiger partial charge in [0.2, 0.25) is 5.91 Å². The van der Waals surface area contributed by atoms with Gasteiger partial charge in [0.15, 0.2) is 0 Å². The lowest BCUT2D eigenvalue weighted by Gasteiger charge is -2.08. The third-order valence-electron chi connectivity index (χ3n) is 2.71. The molecule has 0 saturated heterocycles. The molecule has 1 heterocycles. The van der Waals surface area contributed by atoms with Gasteiger partial charge in [-0.15, -0.1) is 0 Å². The fourth-order valence-electron chi connectivity index (χ4n) is 1.76. The summed E-state index contributed by atoms with van der Waals surface area (Å²) in [5.74, 6) is 0.337. The zero-order valence-corrected chi connectivity index (χ0v) is 11.5. The van der Waals surface area contributed by atoms with Gasteiger partial charge in [-0.05, 0) is 24.3 Å². The Morgan fingerprint density at radius 1 is 1.29 bits per heavy atom. The largest absolute Gasteiger partial charge is 0.493 e. The van der Waals surface area contributed by atoms with E-state index in [1.54, 1.807) is 30.5 Å². The quantitative estimate of drug-likeness (QED) is 0.883. The minimum Gasteiger partial charge on any atom is -0.493 e. The SMILES string of the molecule is N#CCC(=O)Nc1cccc(OCCc2ccccn2)c1. The van der Waals surface area contributed by atoms with Crippen molar-refractivity contribution < 1.29 is 9.53 Å². The van der Waals surface area contributed by atoms with Gasteiger partial charge in [0.1, 0.15) is 12.2 Å². The van der Waals surface area contributed by atoms with Crippen LogP contribution in [0.25, 0.3) is 0 Å². The van der Waals surface area contributed by atoms with E-state index in [-0.39, 0.29) is 12.3 Å². The number of nitrogens with one attached hydrogen (secondary N) is 1. The van der Waals surface area contributed by atoms with Crippen LogP contribution < -0.4 is 10.1 Å². The highest BCUT2D eigenvalue weighted by Gasteiger charge is 2.02. The summed E-state index contributed by atoms with van der Waals surface area (Å²) in [4.78, 5) is 15.6. The minimum absolute atomic E-state index is 0.162. The van der Waals surface area contributed by atoms with Crippen LogP contribution in [-0.4, -0.2) is 17.5 Å². The van der Waals surface area contributed by atoms with Gasteiger partial charge >= 0.3 is 0 Å². The number of nitrogens with zero attached hydrogens (tertiary/aromatic N) is 2. The summed E-state index contributed by atoms with van der Waals surface area (Å²) in [6.07, 6.45) is 2.30. The second-order valence-corrected chi connectivity index (χ2v) is 4.33. The van der Waals surface area contributed by atoms with E-state index in [9.17, 15) is 4.79 Å². The summed E-state index contributed by atoms with van der Waals surface area (Å²) >= 11 is 0. The van der Waals surface area contributed by atoms with Crippen LogP contribution in [0.15, 0.2) is 48.7 Å². The van der Waals surface area contributed by atoms with E-state index in [4.69, 9.17) is 10.00 Å². The zero-order valence-electron chi connectivity index (χ0n) is 11.5. The molecule has 0 radical (unpaired) electrons. The van der Waals surface area contributed by atoms with Crippen LogP contribution in [0.5, 0.6) is 5.75 Å². The van der Waals surface area contributed by atoms with Gasteiger partial charge in [0.25, 0.3) is 0 Å². The number of nitriles is 1. The molecule has 0 spiro atoms. The highest BCUT2D eigenvalue weighted by molar-refractivity contribution is 5.92. The number of benzene rings is 1. The van der Waals surface area contributed by atoms with E-state index < -0.39 is 0 Å². The molecule has 1 amide bonds. The van der Waals surface area contributed by atoms with Crippen molar-refractivity contribution in [1.82, 2.24) is 4.98 Å². The van der Waals surface area contributed by atoms with Crippen molar-refractivity contribution in [1.29, 1.82) is 5.26 Å². The Morgan fingerprint density at radius 2 is 2.19 bits per heavy atom. The van der Waals surface area contributed by atoms with Crippen molar-refractivity contribution in [3.05, 3.63) is 54.4 Å². The summed E-state index contributed by atoms with van der Waals surface area (Å²) in [5.41, 5.74) is 1.58. The standard InChI is InChI=1S/C16H15N3O2/c17-9-7-16(20)19-14-5-3-6-15(12-14)21-11-8-13-4-1-2-10-18-13/h1-6,10,12H,7-8,11H2,(H,19,20). The van der Waals surface area contributed by atoms with Crippen LogP contribution in [0.3, 0.4) is 0 Å². The third-order valence-corrected chi connectivity index (χ3v) is 2.71. The average molecular weight is 281 g/mol. The molecule has 0 bridgehead atoms. The summed E-state index contributed by atoms with van der Waals surface area (Å²) in [6.45, 7) is 0.507. The first-order valence-electron chi connectivity index (χ1n) is 6.57. The van der Waals surface area contributed by atoms with Crippen molar-refractivity contribution >= 4 is 11.6 Å². The lowest BCUT2D eigenvalue weighted by atomic mass is 10.2. The number of carbonyl (C=O) groups is 1. The van der Waals surface area contributed by atoms with Crippen LogP contribution >= 0.6 is 0 Å². The lowest BCUT2D eigenvalue weighted by Crippen LogP contribution is -2.10. The van der Waals surface area contributed by atoms with E-state index in [0.717, 1.165) is 5.69 Å². The predicted octanol–water partition coefficient (Wildman–Crippen LogP) is 2.56. The molecule has 0 fully saturated rings. The van der Waals surface area contributed by atoms with E-state index in [1.807, 2.05) is 24.3 Å². The summed E-state index contributed by atoms with van der Waals surface area (Å²) in [5, 5.41) is 11.1. The Bertz CT molecular complexity index is 635. The van der Waals surface area contributed by atoms with Gasteiger partial charge in [-0.2, -0.15) is 5.26 Å². The zero-order chi connectivity index (χ0) is 14.9. The lowest BCUT2D eigenvalue weighted by molar-refractivity contribution is -0.115. The fourth-order valence-corrected chi connectivity index (χ4v) is 1.76. The topological polar surface area (TPSA) is 75.0 Å².